The molecule has 0 unspecified atom stereocenters. The van der Waals surface area contributed by atoms with Gasteiger partial charge in [0.2, 0.25) is 10.0 Å². The minimum absolute atomic E-state index is 0.128. The van der Waals surface area contributed by atoms with Gasteiger partial charge in [-0.15, -0.1) is 0 Å². The Hall–Kier alpha value is -1.07. The summed E-state index contributed by atoms with van der Waals surface area (Å²) in [6.45, 7) is 8.85. The van der Waals surface area contributed by atoms with Gasteiger partial charge >= 0.3 is 0 Å². The van der Waals surface area contributed by atoms with Gasteiger partial charge in [-0.3, -0.25) is 0 Å². The third-order valence-corrected chi connectivity index (χ3v) is 4.00. The normalized spacial score (nSPS) is 12.4. The fourth-order valence-electron chi connectivity index (χ4n) is 1.93. The zero-order valence-corrected chi connectivity index (χ0v) is 13.6. The van der Waals surface area contributed by atoms with Crippen molar-refractivity contribution in [3.05, 3.63) is 23.8 Å². The molecule has 20 heavy (non-hydrogen) atoms. The molecule has 0 saturated heterocycles. The predicted molar refractivity (Wildman–Crippen MR) is 81.5 cm³/mol. The number of ether oxygens (including phenoxy) is 1. The molecule has 4 nitrogen and oxygen atoms in total. The second-order valence-corrected chi connectivity index (χ2v) is 7.57. The van der Waals surface area contributed by atoms with Crippen molar-refractivity contribution in [3.8, 4) is 5.75 Å². The number of sulfonamides is 1. The van der Waals surface area contributed by atoms with E-state index in [9.17, 15) is 8.42 Å². The first kappa shape index (κ1) is 17.0. The molecule has 0 saturated carbocycles. The third kappa shape index (κ3) is 4.80. The van der Waals surface area contributed by atoms with Crippen LogP contribution >= 0.6 is 0 Å². The lowest BCUT2D eigenvalue weighted by Crippen LogP contribution is -2.17. The van der Waals surface area contributed by atoms with E-state index in [0.717, 1.165) is 30.6 Å². The molecule has 0 aliphatic rings. The molecule has 0 bridgehead atoms. The number of unbranched alkanes of at least 4 members (excludes halogenated alkanes) is 2. The first-order valence-electron chi connectivity index (χ1n) is 6.96. The summed E-state index contributed by atoms with van der Waals surface area (Å²) in [6, 6.07) is 4.82. The highest BCUT2D eigenvalue weighted by Crippen LogP contribution is 2.33. The van der Waals surface area contributed by atoms with E-state index in [4.69, 9.17) is 9.88 Å². The van der Waals surface area contributed by atoms with E-state index < -0.39 is 10.0 Å². The molecular formula is C15H25NO3S. The summed E-state index contributed by atoms with van der Waals surface area (Å²) < 4.78 is 28.7. The van der Waals surface area contributed by atoms with E-state index in [1.165, 1.54) is 6.07 Å². The zero-order valence-electron chi connectivity index (χ0n) is 12.8. The van der Waals surface area contributed by atoms with Crippen molar-refractivity contribution >= 4 is 10.0 Å². The Bertz CT molecular complexity index is 545. The van der Waals surface area contributed by atoms with Crippen LogP contribution in [0.5, 0.6) is 5.75 Å². The largest absolute Gasteiger partial charge is 0.493 e. The Morgan fingerprint density at radius 3 is 2.35 bits per heavy atom. The molecule has 1 aromatic rings. The number of hydrogen-bond acceptors (Lipinski definition) is 3. The Labute approximate surface area is 122 Å². The van der Waals surface area contributed by atoms with E-state index in [-0.39, 0.29) is 10.3 Å². The average Bonchev–Trinajstić information content (AvgIpc) is 2.32. The van der Waals surface area contributed by atoms with Gasteiger partial charge in [-0.2, -0.15) is 0 Å². The summed E-state index contributed by atoms with van der Waals surface area (Å²) in [4.78, 5) is 0.128. The molecule has 0 spiro atoms. The lowest BCUT2D eigenvalue weighted by Gasteiger charge is -2.23. The fraction of sp³-hybridized carbons (Fsp3) is 0.600. The van der Waals surface area contributed by atoms with Crippen LogP contribution in [0, 0.1) is 0 Å². The SMILES string of the molecule is CCCCCOc1ccc(S(N)(=O)=O)cc1C(C)(C)C. The molecule has 0 heterocycles. The fourth-order valence-corrected chi connectivity index (χ4v) is 2.47. The molecule has 0 aromatic heterocycles. The van der Waals surface area contributed by atoms with Crippen molar-refractivity contribution in [1.29, 1.82) is 0 Å². The first-order chi connectivity index (χ1) is 9.16. The Balaban J connectivity index is 3.06. The number of primary sulfonamides is 1. The molecular weight excluding hydrogens is 274 g/mol. The van der Waals surface area contributed by atoms with Gasteiger partial charge in [0, 0.05) is 5.56 Å². The van der Waals surface area contributed by atoms with E-state index in [2.05, 4.69) is 6.92 Å². The molecule has 2 N–H and O–H groups in total. The maximum absolute atomic E-state index is 11.5. The summed E-state index contributed by atoms with van der Waals surface area (Å²) >= 11 is 0. The molecule has 5 heteroatoms. The minimum atomic E-state index is -3.69. The molecule has 0 aliphatic heterocycles. The van der Waals surface area contributed by atoms with Crippen LogP contribution in [0.4, 0.5) is 0 Å². The van der Waals surface area contributed by atoms with Gasteiger partial charge in [0.1, 0.15) is 5.75 Å². The van der Waals surface area contributed by atoms with Crippen molar-refractivity contribution in [2.45, 2.75) is 57.3 Å². The second-order valence-electron chi connectivity index (χ2n) is 6.01. The quantitative estimate of drug-likeness (QED) is 0.820. The van der Waals surface area contributed by atoms with Gasteiger partial charge in [0.15, 0.2) is 0 Å². The lowest BCUT2D eigenvalue weighted by atomic mass is 9.86. The van der Waals surface area contributed by atoms with Crippen LogP contribution in [-0.2, 0) is 15.4 Å². The number of hydrogen-bond donors (Lipinski definition) is 1. The summed E-state index contributed by atoms with van der Waals surface area (Å²) in [7, 11) is -3.69. The highest BCUT2D eigenvalue weighted by molar-refractivity contribution is 7.89. The molecule has 1 aromatic carbocycles. The molecule has 0 fully saturated rings. The van der Waals surface area contributed by atoms with Gasteiger partial charge < -0.3 is 4.74 Å². The zero-order chi connectivity index (χ0) is 15.4. The van der Waals surface area contributed by atoms with Crippen LogP contribution < -0.4 is 9.88 Å². The van der Waals surface area contributed by atoms with E-state index in [1.807, 2.05) is 20.8 Å². The van der Waals surface area contributed by atoms with Crippen LogP contribution in [0.1, 0.15) is 52.5 Å². The van der Waals surface area contributed by atoms with Crippen LogP contribution in [0.3, 0.4) is 0 Å². The highest BCUT2D eigenvalue weighted by Gasteiger charge is 2.22. The van der Waals surface area contributed by atoms with E-state index in [1.54, 1.807) is 12.1 Å². The van der Waals surface area contributed by atoms with Gasteiger partial charge in [0.05, 0.1) is 11.5 Å². The summed E-state index contributed by atoms with van der Waals surface area (Å²) in [6.07, 6.45) is 3.26. The highest BCUT2D eigenvalue weighted by atomic mass is 32.2. The molecule has 0 amide bonds. The Morgan fingerprint density at radius 2 is 1.85 bits per heavy atom. The topological polar surface area (TPSA) is 69.4 Å². The van der Waals surface area contributed by atoms with E-state index >= 15 is 0 Å². The van der Waals surface area contributed by atoms with Crippen LogP contribution in [0.2, 0.25) is 0 Å². The number of nitrogens with two attached hydrogens (primary N) is 1. The van der Waals surface area contributed by atoms with Crippen molar-refractivity contribution in [2.24, 2.45) is 5.14 Å². The number of rotatable bonds is 6. The monoisotopic (exact) mass is 299 g/mol. The van der Waals surface area contributed by atoms with Crippen molar-refractivity contribution in [1.82, 2.24) is 0 Å². The summed E-state index contributed by atoms with van der Waals surface area (Å²) in [5.41, 5.74) is 0.654. The van der Waals surface area contributed by atoms with Gasteiger partial charge in [-0.05, 0) is 30.0 Å². The Morgan fingerprint density at radius 1 is 1.20 bits per heavy atom. The molecule has 114 valence electrons. The minimum Gasteiger partial charge on any atom is -0.493 e. The summed E-state index contributed by atoms with van der Waals surface area (Å²) in [5, 5.41) is 5.19. The van der Waals surface area contributed by atoms with Gasteiger partial charge in [-0.25, -0.2) is 13.6 Å². The molecule has 0 radical (unpaired) electrons. The van der Waals surface area contributed by atoms with Crippen molar-refractivity contribution < 1.29 is 13.2 Å². The van der Waals surface area contributed by atoms with Gasteiger partial charge in [-0.1, -0.05) is 40.5 Å². The summed E-state index contributed by atoms with van der Waals surface area (Å²) in [5.74, 6) is 0.737. The van der Waals surface area contributed by atoms with Crippen LogP contribution in [0.25, 0.3) is 0 Å². The second kappa shape index (κ2) is 6.59. The maximum atomic E-state index is 11.5. The standard InChI is InChI=1S/C15H25NO3S/c1-5-6-7-10-19-14-9-8-12(20(16,17)18)11-13(14)15(2,3)4/h8-9,11H,5-7,10H2,1-4H3,(H2,16,17,18). The Kier molecular flexibility index (Phi) is 5.59. The molecule has 0 aliphatic carbocycles. The van der Waals surface area contributed by atoms with Crippen LogP contribution in [0.15, 0.2) is 23.1 Å². The first-order valence-corrected chi connectivity index (χ1v) is 8.51. The lowest BCUT2D eigenvalue weighted by molar-refractivity contribution is 0.298. The number of benzene rings is 1. The van der Waals surface area contributed by atoms with Crippen LogP contribution in [-0.4, -0.2) is 15.0 Å². The average molecular weight is 299 g/mol. The van der Waals surface area contributed by atoms with Crippen molar-refractivity contribution in [3.63, 3.8) is 0 Å². The van der Waals surface area contributed by atoms with E-state index in [0.29, 0.717) is 6.61 Å². The predicted octanol–water partition coefficient (Wildman–Crippen LogP) is 3.20. The van der Waals surface area contributed by atoms with Gasteiger partial charge in [0.25, 0.3) is 0 Å². The smallest absolute Gasteiger partial charge is 0.238 e. The third-order valence-electron chi connectivity index (χ3n) is 3.09. The molecule has 0 atom stereocenters. The maximum Gasteiger partial charge on any atom is 0.238 e. The van der Waals surface area contributed by atoms with Crippen molar-refractivity contribution in [2.75, 3.05) is 6.61 Å². The molecule has 1 rings (SSSR count).